The number of nitrogens with one attached hydrogen (secondary N) is 2. The molecule has 0 heterocycles. The van der Waals surface area contributed by atoms with Crippen LogP contribution in [0.4, 0.5) is 20.2 Å². The van der Waals surface area contributed by atoms with Crippen LogP contribution in [0.5, 0.6) is 0 Å². The summed E-state index contributed by atoms with van der Waals surface area (Å²) in [4.78, 5) is 34.6. The molecule has 0 spiro atoms. The van der Waals surface area contributed by atoms with E-state index < -0.39 is 23.4 Å². The average molecular weight is 318 g/mol. The van der Waals surface area contributed by atoms with Gasteiger partial charge >= 0.3 is 11.8 Å². The number of carbonyl (C=O) groups excluding carboxylic acids is 3. The first-order chi connectivity index (χ1) is 10.9. The van der Waals surface area contributed by atoms with E-state index in [1.165, 1.54) is 31.2 Å². The van der Waals surface area contributed by atoms with Crippen LogP contribution in [0.1, 0.15) is 17.3 Å². The van der Waals surface area contributed by atoms with Gasteiger partial charge in [0.2, 0.25) is 0 Å². The maximum Gasteiger partial charge on any atom is 0.314 e. The van der Waals surface area contributed by atoms with Crippen LogP contribution in [0.3, 0.4) is 0 Å². The SMILES string of the molecule is CC(=O)c1ccc(NC(=O)C(=O)Nc2ccc(F)cc2F)cc1. The molecule has 2 N–H and O–H groups in total. The predicted molar refractivity (Wildman–Crippen MR) is 80.1 cm³/mol. The lowest BCUT2D eigenvalue weighted by molar-refractivity contribution is -0.133. The molecule has 0 fully saturated rings. The van der Waals surface area contributed by atoms with E-state index >= 15 is 0 Å². The summed E-state index contributed by atoms with van der Waals surface area (Å²) in [6.45, 7) is 1.40. The number of carbonyl (C=O) groups is 3. The number of rotatable bonds is 3. The molecule has 0 atom stereocenters. The van der Waals surface area contributed by atoms with Gasteiger partial charge in [-0.25, -0.2) is 8.78 Å². The topological polar surface area (TPSA) is 75.3 Å². The number of hydrogen-bond acceptors (Lipinski definition) is 3. The molecule has 2 aromatic carbocycles. The summed E-state index contributed by atoms with van der Waals surface area (Å²) in [5, 5.41) is 4.34. The molecule has 0 saturated heterocycles. The molecule has 0 aromatic heterocycles. The minimum Gasteiger partial charge on any atom is -0.318 e. The maximum atomic E-state index is 13.4. The van der Waals surface area contributed by atoms with E-state index in [0.29, 0.717) is 17.3 Å². The first kappa shape index (κ1) is 16.3. The van der Waals surface area contributed by atoms with Gasteiger partial charge in [0.25, 0.3) is 0 Å². The van der Waals surface area contributed by atoms with Gasteiger partial charge in [-0.3, -0.25) is 14.4 Å². The van der Waals surface area contributed by atoms with Crippen molar-refractivity contribution in [2.75, 3.05) is 10.6 Å². The fourth-order valence-electron chi connectivity index (χ4n) is 1.75. The van der Waals surface area contributed by atoms with Crippen molar-refractivity contribution in [1.82, 2.24) is 0 Å². The predicted octanol–water partition coefficient (Wildman–Crippen LogP) is 2.74. The molecule has 2 amide bonds. The van der Waals surface area contributed by atoms with Crippen molar-refractivity contribution < 1.29 is 23.2 Å². The minimum absolute atomic E-state index is 0.132. The molecular weight excluding hydrogens is 306 g/mol. The van der Waals surface area contributed by atoms with Gasteiger partial charge in [0.1, 0.15) is 11.6 Å². The van der Waals surface area contributed by atoms with Gasteiger partial charge in [-0.15, -0.1) is 0 Å². The molecule has 0 aliphatic rings. The minimum atomic E-state index is -1.11. The third-order valence-electron chi connectivity index (χ3n) is 2.93. The van der Waals surface area contributed by atoms with E-state index in [0.717, 1.165) is 12.1 Å². The molecule has 0 aliphatic carbocycles. The summed E-state index contributed by atoms with van der Waals surface area (Å²) in [7, 11) is 0. The number of Topliss-reactive ketones (excluding diaryl/α,β-unsaturated/α-hetero) is 1. The Labute approximate surface area is 130 Å². The molecule has 0 radical (unpaired) electrons. The number of ketones is 1. The van der Waals surface area contributed by atoms with Crippen molar-refractivity contribution >= 4 is 29.0 Å². The lowest BCUT2D eigenvalue weighted by atomic mass is 10.1. The molecule has 0 saturated carbocycles. The molecule has 0 aliphatic heterocycles. The zero-order valence-electron chi connectivity index (χ0n) is 12.0. The smallest absolute Gasteiger partial charge is 0.314 e. The first-order valence-corrected chi connectivity index (χ1v) is 6.55. The Morgan fingerprint density at radius 1 is 0.870 bits per heavy atom. The van der Waals surface area contributed by atoms with Crippen LogP contribution in [0, 0.1) is 11.6 Å². The third kappa shape index (κ3) is 4.19. The Bertz CT molecular complexity index is 773. The van der Waals surface area contributed by atoms with Crippen LogP contribution in [-0.2, 0) is 9.59 Å². The molecular formula is C16H12F2N2O3. The van der Waals surface area contributed by atoms with E-state index in [-0.39, 0.29) is 11.5 Å². The molecule has 0 bridgehead atoms. The Morgan fingerprint density at radius 3 is 2.04 bits per heavy atom. The summed E-state index contributed by atoms with van der Waals surface area (Å²) >= 11 is 0. The highest BCUT2D eigenvalue weighted by molar-refractivity contribution is 6.43. The molecule has 2 aromatic rings. The van der Waals surface area contributed by atoms with E-state index in [1.54, 1.807) is 0 Å². The molecule has 0 unspecified atom stereocenters. The molecule has 23 heavy (non-hydrogen) atoms. The number of amides is 2. The van der Waals surface area contributed by atoms with E-state index in [2.05, 4.69) is 5.32 Å². The second kappa shape index (κ2) is 6.78. The Hall–Kier alpha value is -3.09. The largest absolute Gasteiger partial charge is 0.318 e. The number of anilines is 2. The molecule has 118 valence electrons. The second-order valence-corrected chi connectivity index (χ2v) is 4.67. The lowest BCUT2D eigenvalue weighted by Crippen LogP contribution is -2.29. The van der Waals surface area contributed by atoms with Gasteiger partial charge < -0.3 is 10.6 Å². The highest BCUT2D eigenvalue weighted by Gasteiger charge is 2.16. The summed E-state index contributed by atoms with van der Waals surface area (Å²) in [5.41, 5.74) is 0.453. The highest BCUT2D eigenvalue weighted by atomic mass is 19.1. The first-order valence-electron chi connectivity index (χ1n) is 6.55. The summed E-state index contributed by atoms with van der Waals surface area (Å²) in [6.07, 6.45) is 0. The zero-order valence-corrected chi connectivity index (χ0v) is 12.0. The maximum absolute atomic E-state index is 13.4. The second-order valence-electron chi connectivity index (χ2n) is 4.67. The van der Waals surface area contributed by atoms with Crippen LogP contribution in [0.2, 0.25) is 0 Å². The average Bonchev–Trinajstić information content (AvgIpc) is 2.50. The van der Waals surface area contributed by atoms with E-state index in [1.807, 2.05) is 5.32 Å². The normalized spacial score (nSPS) is 10.0. The fraction of sp³-hybridized carbons (Fsp3) is 0.0625. The standard InChI is InChI=1S/C16H12F2N2O3/c1-9(21)10-2-5-12(6-3-10)19-15(22)16(23)20-14-7-4-11(17)8-13(14)18/h2-8H,1H3,(H,19,22)(H,20,23). The van der Waals surface area contributed by atoms with Crippen LogP contribution in [0.15, 0.2) is 42.5 Å². The fourth-order valence-corrected chi connectivity index (χ4v) is 1.75. The van der Waals surface area contributed by atoms with Crippen molar-refractivity contribution in [3.05, 3.63) is 59.7 Å². The monoisotopic (exact) mass is 318 g/mol. The van der Waals surface area contributed by atoms with Crippen molar-refractivity contribution in [2.45, 2.75) is 6.92 Å². The zero-order chi connectivity index (χ0) is 17.0. The number of hydrogen-bond donors (Lipinski definition) is 2. The Kier molecular flexibility index (Phi) is 4.80. The van der Waals surface area contributed by atoms with Crippen LogP contribution in [0.25, 0.3) is 0 Å². The Balaban J connectivity index is 2.02. The quantitative estimate of drug-likeness (QED) is 0.675. The van der Waals surface area contributed by atoms with Gasteiger partial charge in [0, 0.05) is 17.3 Å². The van der Waals surface area contributed by atoms with Crippen molar-refractivity contribution in [3.63, 3.8) is 0 Å². The Morgan fingerprint density at radius 2 is 1.48 bits per heavy atom. The van der Waals surface area contributed by atoms with Gasteiger partial charge in [-0.05, 0) is 43.3 Å². The van der Waals surface area contributed by atoms with E-state index in [4.69, 9.17) is 0 Å². The van der Waals surface area contributed by atoms with Gasteiger partial charge in [-0.1, -0.05) is 0 Å². The lowest BCUT2D eigenvalue weighted by Gasteiger charge is -2.07. The summed E-state index contributed by atoms with van der Waals surface area (Å²) in [6, 6.07) is 8.47. The highest BCUT2D eigenvalue weighted by Crippen LogP contribution is 2.15. The van der Waals surface area contributed by atoms with E-state index in [9.17, 15) is 23.2 Å². The van der Waals surface area contributed by atoms with Crippen molar-refractivity contribution in [3.8, 4) is 0 Å². The summed E-state index contributed by atoms with van der Waals surface area (Å²) < 4.78 is 26.2. The number of benzene rings is 2. The molecule has 7 heteroatoms. The van der Waals surface area contributed by atoms with Crippen LogP contribution >= 0.6 is 0 Å². The van der Waals surface area contributed by atoms with Crippen molar-refractivity contribution in [2.24, 2.45) is 0 Å². The summed E-state index contributed by atoms with van der Waals surface area (Å²) in [5.74, 6) is -4.05. The molecule has 2 rings (SSSR count). The van der Waals surface area contributed by atoms with Crippen LogP contribution in [-0.4, -0.2) is 17.6 Å². The third-order valence-corrected chi connectivity index (χ3v) is 2.93. The number of halogens is 2. The van der Waals surface area contributed by atoms with Crippen LogP contribution < -0.4 is 10.6 Å². The molecule has 5 nitrogen and oxygen atoms in total. The van der Waals surface area contributed by atoms with Gasteiger partial charge in [0.05, 0.1) is 5.69 Å². The van der Waals surface area contributed by atoms with Crippen molar-refractivity contribution in [1.29, 1.82) is 0 Å². The van der Waals surface area contributed by atoms with Gasteiger partial charge in [-0.2, -0.15) is 0 Å². The van der Waals surface area contributed by atoms with Gasteiger partial charge in [0.15, 0.2) is 5.78 Å².